The molecule has 0 radical (unpaired) electrons. The van der Waals surface area contributed by atoms with Crippen molar-refractivity contribution in [3.8, 4) is 0 Å². The lowest BCUT2D eigenvalue weighted by atomic mass is 9.99. The molecule has 1 atom stereocenters. The number of esters is 1. The minimum atomic E-state index is -0.124. The molecule has 0 aromatic carbocycles. The Morgan fingerprint density at radius 1 is 1.56 bits per heavy atom. The van der Waals surface area contributed by atoms with Crippen molar-refractivity contribution in [2.75, 3.05) is 33.2 Å². The lowest BCUT2D eigenvalue weighted by molar-refractivity contribution is -0.148. The number of carbonyl (C=O) groups is 1. The molecule has 0 aromatic rings. The molecule has 0 aliphatic carbocycles. The van der Waals surface area contributed by atoms with E-state index in [0.717, 1.165) is 19.6 Å². The molecule has 4 nitrogen and oxygen atoms in total. The summed E-state index contributed by atoms with van der Waals surface area (Å²) in [7, 11) is 1.98. The van der Waals surface area contributed by atoms with Gasteiger partial charge in [-0.2, -0.15) is 0 Å². The zero-order valence-corrected chi connectivity index (χ0v) is 10.7. The maximum Gasteiger partial charge on any atom is 0.320 e. The fourth-order valence-electron chi connectivity index (χ4n) is 2.11. The first kappa shape index (κ1) is 13.5. The predicted octanol–water partition coefficient (Wildman–Crippen LogP) is 0.869. The molecule has 1 heterocycles. The van der Waals surface area contributed by atoms with E-state index in [-0.39, 0.29) is 12.1 Å². The van der Waals surface area contributed by atoms with E-state index in [0.29, 0.717) is 12.5 Å². The normalized spacial score (nSPS) is 21.4. The number of carbonyl (C=O) groups excluding carboxylic acids is 1. The molecule has 0 spiro atoms. The van der Waals surface area contributed by atoms with Crippen LogP contribution in [0.2, 0.25) is 0 Å². The fraction of sp³-hybridized carbons (Fsp3) is 0.917. The van der Waals surface area contributed by atoms with Crippen molar-refractivity contribution in [1.82, 2.24) is 10.2 Å². The molecule has 1 unspecified atom stereocenters. The van der Waals surface area contributed by atoms with Crippen LogP contribution >= 0.6 is 0 Å². The maximum absolute atomic E-state index is 11.4. The average molecular weight is 228 g/mol. The zero-order chi connectivity index (χ0) is 12.0. The van der Waals surface area contributed by atoms with E-state index in [1.165, 1.54) is 12.8 Å². The van der Waals surface area contributed by atoms with Crippen molar-refractivity contribution in [1.29, 1.82) is 0 Å². The Kier molecular flexibility index (Phi) is 5.77. The molecular formula is C12H24N2O2. The van der Waals surface area contributed by atoms with Crippen molar-refractivity contribution in [3.63, 3.8) is 0 Å². The Bertz CT molecular complexity index is 213. The van der Waals surface area contributed by atoms with Crippen LogP contribution in [0.25, 0.3) is 0 Å². The van der Waals surface area contributed by atoms with Crippen LogP contribution in [0.5, 0.6) is 0 Å². The zero-order valence-electron chi connectivity index (χ0n) is 10.7. The van der Waals surface area contributed by atoms with Crippen molar-refractivity contribution in [2.24, 2.45) is 5.92 Å². The van der Waals surface area contributed by atoms with Crippen LogP contribution in [-0.4, -0.2) is 50.2 Å². The molecule has 0 saturated carbocycles. The van der Waals surface area contributed by atoms with Gasteiger partial charge in [-0.15, -0.1) is 0 Å². The van der Waals surface area contributed by atoms with E-state index < -0.39 is 0 Å². The highest BCUT2D eigenvalue weighted by atomic mass is 16.5. The van der Waals surface area contributed by atoms with Crippen molar-refractivity contribution < 1.29 is 9.53 Å². The summed E-state index contributed by atoms with van der Waals surface area (Å²) >= 11 is 0. The molecule has 0 bridgehead atoms. The van der Waals surface area contributed by atoms with Crippen LogP contribution in [0, 0.1) is 5.92 Å². The van der Waals surface area contributed by atoms with Crippen molar-refractivity contribution >= 4 is 5.97 Å². The molecule has 1 rings (SSSR count). The first-order chi connectivity index (χ1) is 7.58. The van der Waals surface area contributed by atoms with Gasteiger partial charge < -0.3 is 10.1 Å². The molecule has 0 aromatic heterocycles. The number of nitrogens with one attached hydrogen (secondary N) is 1. The summed E-state index contributed by atoms with van der Waals surface area (Å²) in [5, 5.41) is 3.38. The van der Waals surface area contributed by atoms with Crippen LogP contribution in [0.3, 0.4) is 0 Å². The van der Waals surface area contributed by atoms with Gasteiger partial charge in [0, 0.05) is 6.54 Å². The van der Waals surface area contributed by atoms with Gasteiger partial charge in [-0.3, -0.25) is 9.69 Å². The highest BCUT2D eigenvalue weighted by molar-refractivity contribution is 5.71. The lowest BCUT2D eigenvalue weighted by Crippen LogP contribution is -2.39. The van der Waals surface area contributed by atoms with Crippen molar-refractivity contribution in [3.05, 3.63) is 0 Å². The van der Waals surface area contributed by atoms with Gasteiger partial charge in [0.15, 0.2) is 0 Å². The van der Waals surface area contributed by atoms with Gasteiger partial charge in [0.2, 0.25) is 0 Å². The van der Waals surface area contributed by atoms with Crippen LogP contribution in [0.1, 0.15) is 26.7 Å². The van der Waals surface area contributed by atoms with Gasteiger partial charge in [-0.1, -0.05) is 0 Å². The number of likely N-dealkylation sites (N-methyl/N-ethyl adjacent to an activating group) is 1. The Balaban J connectivity index is 2.18. The van der Waals surface area contributed by atoms with Gasteiger partial charge in [0.25, 0.3) is 0 Å². The molecular weight excluding hydrogens is 204 g/mol. The third-order valence-electron chi connectivity index (χ3n) is 2.73. The van der Waals surface area contributed by atoms with Crippen molar-refractivity contribution in [2.45, 2.75) is 32.8 Å². The summed E-state index contributed by atoms with van der Waals surface area (Å²) < 4.78 is 5.11. The maximum atomic E-state index is 11.4. The molecule has 1 saturated heterocycles. The minimum Gasteiger partial charge on any atom is -0.462 e. The van der Waals surface area contributed by atoms with E-state index in [2.05, 4.69) is 10.2 Å². The number of ether oxygens (including phenoxy) is 1. The monoisotopic (exact) mass is 228 g/mol. The molecule has 1 N–H and O–H groups in total. The van der Waals surface area contributed by atoms with E-state index in [1.54, 1.807) is 0 Å². The van der Waals surface area contributed by atoms with Crippen LogP contribution in [0.4, 0.5) is 0 Å². The standard InChI is InChI=1S/C12H24N2O2/c1-10(2)16-12(15)9-14(3)8-11-5-4-6-13-7-11/h10-11,13H,4-9H2,1-3H3. The molecule has 1 aliphatic heterocycles. The number of hydrogen-bond donors (Lipinski definition) is 1. The third-order valence-corrected chi connectivity index (χ3v) is 2.73. The predicted molar refractivity (Wildman–Crippen MR) is 64.3 cm³/mol. The number of piperidine rings is 1. The lowest BCUT2D eigenvalue weighted by Gasteiger charge is -2.27. The first-order valence-corrected chi connectivity index (χ1v) is 6.16. The molecule has 0 amide bonds. The highest BCUT2D eigenvalue weighted by Crippen LogP contribution is 2.10. The summed E-state index contributed by atoms with van der Waals surface area (Å²) in [6.07, 6.45) is 2.49. The third kappa shape index (κ3) is 5.47. The number of nitrogens with zero attached hydrogens (tertiary/aromatic N) is 1. The highest BCUT2D eigenvalue weighted by Gasteiger charge is 2.17. The van der Waals surface area contributed by atoms with Gasteiger partial charge >= 0.3 is 5.97 Å². The molecule has 16 heavy (non-hydrogen) atoms. The Labute approximate surface area is 98.3 Å². The largest absolute Gasteiger partial charge is 0.462 e. The second-order valence-electron chi connectivity index (χ2n) is 4.95. The first-order valence-electron chi connectivity index (χ1n) is 6.16. The van der Waals surface area contributed by atoms with Gasteiger partial charge in [-0.05, 0) is 52.7 Å². The van der Waals surface area contributed by atoms with E-state index in [4.69, 9.17) is 4.74 Å². The molecule has 1 aliphatic rings. The molecule has 1 fully saturated rings. The topological polar surface area (TPSA) is 41.6 Å². The van der Waals surface area contributed by atoms with E-state index >= 15 is 0 Å². The Hall–Kier alpha value is -0.610. The summed E-state index contributed by atoms with van der Waals surface area (Å²) in [6.45, 7) is 7.33. The molecule has 4 heteroatoms. The van der Waals surface area contributed by atoms with Gasteiger partial charge in [-0.25, -0.2) is 0 Å². The Morgan fingerprint density at radius 2 is 2.31 bits per heavy atom. The summed E-state index contributed by atoms with van der Waals surface area (Å²) in [5.74, 6) is 0.548. The summed E-state index contributed by atoms with van der Waals surface area (Å²) in [6, 6.07) is 0. The summed E-state index contributed by atoms with van der Waals surface area (Å²) in [5.41, 5.74) is 0. The SMILES string of the molecule is CC(C)OC(=O)CN(C)CC1CCCNC1. The average Bonchev–Trinajstić information content (AvgIpc) is 2.17. The summed E-state index contributed by atoms with van der Waals surface area (Å²) in [4.78, 5) is 13.5. The van der Waals surface area contributed by atoms with Gasteiger partial charge in [0.1, 0.15) is 0 Å². The second-order valence-corrected chi connectivity index (χ2v) is 4.95. The van der Waals surface area contributed by atoms with Gasteiger partial charge in [0.05, 0.1) is 12.6 Å². The fourth-order valence-corrected chi connectivity index (χ4v) is 2.11. The molecule has 94 valence electrons. The number of rotatable bonds is 5. The second kappa shape index (κ2) is 6.86. The van der Waals surface area contributed by atoms with Crippen LogP contribution in [-0.2, 0) is 9.53 Å². The number of hydrogen-bond acceptors (Lipinski definition) is 4. The minimum absolute atomic E-state index is 0.0164. The van der Waals surface area contributed by atoms with E-state index in [1.807, 2.05) is 20.9 Å². The van der Waals surface area contributed by atoms with Crippen LogP contribution < -0.4 is 5.32 Å². The Morgan fingerprint density at radius 3 is 2.88 bits per heavy atom. The smallest absolute Gasteiger partial charge is 0.320 e. The van der Waals surface area contributed by atoms with E-state index in [9.17, 15) is 4.79 Å². The quantitative estimate of drug-likeness (QED) is 0.709. The van der Waals surface area contributed by atoms with Crippen LogP contribution in [0.15, 0.2) is 0 Å².